The maximum Gasteiger partial charge on any atom is 0.339 e. The summed E-state index contributed by atoms with van der Waals surface area (Å²) in [5.74, 6) is -1.46. The molecule has 0 amide bonds. The van der Waals surface area contributed by atoms with E-state index in [2.05, 4.69) is 0 Å². The Kier molecular flexibility index (Phi) is 4.59. The van der Waals surface area contributed by atoms with E-state index in [1.165, 1.54) is 30.3 Å². The average molecular weight is 264 g/mol. The number of hydrogen-bond acceptors (Lipinski definition) is 5. The Morgan fingerprint density at radius 2 is 1.16 bits per heavy atom. The van der Waals surface area contributed by atoms with Gasteiger partial charge in [0.15, 0.2) is 0 Å². The van der Waals surface area contributed by atoms with Crippen LogP contribution < -0.4 is 0 Å². The van der Waals surface area contributed by atoms with Crippen LogP contribution in [0, 0.1) is 0 Å². The second-order valence-corrected chi connectivity index (χ2v) is 3.52. The summed E-state index contributed by atoms with van der Waals surface area (Å²) in [5, 5.41) is 43.4. The highest BCUT2D eigenvalue weighted by Gasteiger charge is 2.08. The standard InChI is InChI=1S/C7H6O4.C6H6O2/c8-4-1-2-6(9)5(3-4)7(10)11;7-5-1-2-6(8)4-3-5/h1-3,8-9H,(H,10,11);1-4,7-8H. The molecule has 2 aromatic carbocycles. The summed E-state index contributed by atoms with van der Waals surface area (Å²) in [6.07, 6.45) is 0. The molecule has 0 bridgehead atoms. The first kappa shape index (κ1) is 14.2. The summed E-state index contributed by atoms with van der Waals surface area (Å²) in [7, 11) is 0. The van der Waals surface area contributed by atoms with Gasteiger partial charge in [-0.05, 0) is 42.5 Å². The molecule has 0 aliphatic carbocycles. The summed E-state index contributed by atoms with van der Waals surface area (Å²) >= 11 is 0. The van der Waals surface area contributed by atoms with Gasteiger partial charge in [-0.25, -0.2) is 4.79 Å². The summed E-state index contributed by atoms with van der Waals surface area (Å²) in [4.78, 5) is 10.3. The number of aromatic hydroxyl groups is 4. The molecule has 6 nitrogen and oxygen atoms in total. The Bertz CT molecular complexity index is 541. The maximum atomic E-state index is 10.3. The van der Waals surface area contributed by atoms with Gasteiger partial charge < -0.3 is 25.5 Å². The lowest BCUT2D eigenvalue weighted by Gasteiger charge is -1.98. The first-order valence-electron chi connectivity index (χ1n) is 5.13. The van der Waals surface area contributed by atoms with Gasteiger partial charge in [0.2, 0.25) is 0 Å². The van der Waals surface area contributed by atoms with Crippen molar-refractivity contribution in [3.05, 3.63) is 48.0 Å². The molecule has 100 valence electrons. The first-order chi connectivity index (χ1) is 8.90. The molecule has 0 aliphatic heterocycles. The molecule has 0 radical (unpaired) electrons. The number of aromatic carboxylic acids is 1. The van der Waals surface area contributed by atoms with Gasteiger partial charge in [-0.15, -0.1) is 0 Å². The smallest absolute Gasteiger partial charge is 0.339 e. The number of carboxylic acid groups (broad SMARTS) is 1. The molecular formula is C13H12O6. The number of benzene rings is 2. The lowest BCUT2D eigenvalue weighted by molar-refractivity contribution is 0.0693. The van der Waals surface area contributed by atoms with Crippen LogP contribution in [0.3, 0.4) is 0 Å². The topological polar surface area (TPSA) is 118 Å². The average Bonchev–Trinajstić information content (AvgIpc) is 2.36. The molecule has 0 aliphatic rings. The zero-order chi connectivity index (χ0) is 14.4. The number of hydrogen-bond donors (Lipinski definition) is 5. The van der Waals surface area contributed by atoms with Crippen LogP contribution >= 0.6 is 0 Å². The van der Waals surface area contributed by atoms with E-state index in [1.54, 1.807) is 0 Å². The highest BCUT2D eigenvalue weighted by Crippen LogP contribution is 2.21. The Morgan fingerprint density at radius 3 is 1.53 bits per heavy atom. The SMILES string of the molecule is O=C(O)c1cc(O)ccc1O.Oc1ccc(O)cc1. The molecule has 0 unspecified atom stereocenters. The van der Waals surface area contributed by atoms with Crippen LogP contribution in [0.2, 0.25) is 0 Å². The Labute approximate surface area is 108 Å². The summed E-state index contributed by atoms with van der Waals surface area (Å²) in [6, 6.07) is 9.02. The predicted molar refractivity (Wildman–Crippen MR) is 66.5 cm³/mol. The zero-order valence-corrected chi connectivity index (χ0v) is 9.69. The minimum Gasteiger partial charge on any atom is -0.508 e. The molecule has 0 fully saturated rings. The molecule has 0 saturated carbocycles. The minimum absolute atomic E-state index is 0.169. The molecule has 0 atom stereocenters. The zero-order valence-electron chi connectivity index (χ0n) is 9.69. The van der Waals surface area contributed by atoms with Crippen molar-refractivity contribution in [3.63, 3.8) is 0 Å². The molecule has 2 rings (SSSR count). The molecule has 0 saturated heterocycles. The maximum absolute atomic E-state index is 10.3. The molecule has 0 spiro atoms. The van der Waals surface area contributed by atoms with Gasteiger partial charge in [-0.3, -0.25) is 0 Å². The second kappa shape index (κ2) is 6.15. The van der Waals surface area contributed by atoms with Crippen LogP contribution in [-0.4, -0.2) is 31.5 Å². The van der Waals surface area contributed by atoms with E-state index in [4.69, 9.17) is 25.5 Å². The van der Waals surface area contributed by atoms with Crippen LogP contribution in [0.5, 0.6) is 23.0 Å². The molecule has 5 N–H and O–H groups in total. The van der Waals surface area contributed by atoms with Crippen molar-refractivity contribution >= 4 is 5.97 Å². The van der Waals surface area contributed by atoms with Crippen molar-refractivity contribution in [3.8, 4) is 23.0 Å². The van der Waals surface area contributed by atoms with Crippen LogP contribution in [0.4, 0.5) is 0 Å². The van der Waals surface area contributed by atoms with Crippen molar-refractivity contribution in [1.82, 2.24) is 0 Å². The van der Waals surface area contributed by atoms with Crippen LogP contribution in [0.1, 0.15) is 10.4 Å². The highest BCUT2D eigenvalue weighted by molar-refractivity contribution is 5.91. The van der Waals surface area contributed by atoms with E-state index in [0.29, 0.717) is 0 Å². The van der Waals surface area contributed by atoms with Gasteiger partial charge in [0, 0.05) is 0 Å². The van der Waals surface area contributed by atoms with Gasteiger partial charge in [0.25, 0.3) is 0 Å². The van der Waals surface area contributed by atoms with Crippen molar-refractivity contribution in [2.45, 2.75) is 0 Å². The quantitative estimate of drug-likeness (QED) is 0.502. The van der Waals surface area contributed by atoms with Crippen molar-refractivity contribution < 1.29 is 30.3 Å². The third kappa shape index (κ3) is 4.47. The van der Waals surface area contributed by atoms with Crippen LogP contribution in [0.15, 0.2) is 42.5 Å². The fraction of sp³-hybridized carbons (Fsp3) is 0. The van der Waals surface area contributed by atoms with Crippen LogP contribution in [0.25, 0.3) is 0 Å². The number of phenols is 4. The highest BCUT2D eigenvalue weighted by atomic mass is 16.4. The fourth-order valence-corrected chi connectivity index (χ4v) is 1.15. The van der Waals surface area contributed by atoms with E-state index in [9.17, 15) is 4.79 Å². The van der Waals surface area contributed by atoms with Gasteiger partial charge in [0.05, 0.1) is 0 Å². The molecule has 6 heteroatoms. The van der Waals surface area contributed by atoms with Crippen molar-refractivity contribution in [2.24, 2.45) is 0 Å². The van der Waals surface area contributed by atoms with Crippen molar-refractivity contribution in [2.75, 3.05) is 0 Å². The first-order valence-corrected chi connectivity index (χ1v) is 5.13. The number of rotatable bonds is 1. The van der Waals surface area contributed by atoms with Gasteiger partial charge in [0.1, 0.15) is 28.6 Å². The van der Waals surface area contributed by atoms with Gasteiger partial charge in [-0.1, -0.05) is 0 Å². The van der Waals surface area contributed by atoms with Gasteiger partial charge in [-0.2, -0.15) is 0 Å². The predicted octanol–water partition coefficient (Wildman–Crippen LogP) is 1.89. The second-order valence-electron chi connectivity index (χ2n) is 3.52. The monoisotopic (exact) mass is 264 g/mol. The molecular weight excluding hydrogens is 252 g/mol. The van der Waals surface area contributed by atoms with E-state index < -0.39 is 5.97 Å². The Hall–Kier alpha value is -2.89. The number of carbonyl (C=O) groups is 1. The molecule has 19 heavy (non-hydrogen) atoms. The molecule has 0 aromatic heterocycles. The van der Waals surface area contributed by atoms with Crippen LogP contribution in [-0.2, 0) is 0 Å². The Morgan fingerprint density at radius 1 is 0.737 bits per heavy atom. The normalized spacial score (nSPS) is 9.26. The fourth-order valence-electron chi connectivity index (χ4n) is 1.15. The summed E-state index contributed by atoms with van der Waals surface area (Å²) < 4.78 is 0. The number of phenolic OH excluding ortho intramolecular Hbond substituents is 3. The van der Waals surface area contributed by atoms with E-state index in [0.717, 1.165) is 12.1 Å². The minimum atomic E-state index is -1.27. The third-order valence-electron chi connectivity index (χ3n) is 2.06. The van der Waals surface area contributed by atoms with E-state index >= 15 is 0 Å². The largest absolute Gasteiger partial charge is 0.508 e. The molecule has 0 heterocycles. The Balaban J connectivity index is 0.000000200. The van der Waals surface area contributed by atoms with Crippen molar-refractivity contribution in [1.29, 1.82) is 0 Å². The number of carboxylic acids is 1. The van der Waals surface area contributed by atoms with Gasteiger partial charge >= 0.3 is 5.97 Å². The lowest BCUT2D eigenvalue weighted by atomic mass is 10.2. The summed E-state index contributed by atoms with van der Waals surface area (Å²) in [6.45, 7) is 0. The van der Waals surface area contributed by atoms with E-state index in [-0.39, 0.29) is 28.6 Å². The summed E-state index contributed by atoms with van der Waals surface area (Å²) in [5.41, 5.74) is -0.301. The lowest BCUT2D eigenvalue weighted by Crippen LogP contribution is -1.95. The van der Waals surface area contributed by atoms with E-state index in [1.807, 2.05) is 0 Å². The third-order valence-corrected chi connectivity index (χ3v) is 2.06. The molecule has 2 aromatic rings.